The van der Waals surface area contributed by atoms with E-state index in [2.05, 4.69) is 13.8 Å². The Hall–Kier alpha value is -2.84. The Bertz CT molecular complexity index is 998. The highest BCUT2D eigenvalue weighted by Crippen LogP contribution is 2.42. The summed E-state index contributed by atoms with van der Waals surface area (Å²) in [5.74, 6) is 0.172. The van der Waals surface area contributed by atoms with Crippen LogP contribution in [0, 0.1) is 5.92 Å². The summed E-state index contributed by atoms with van der Waals surface area (Å²) in [5.41, 5.74) is 0.720. The summed E-state index contributed by atoms with van der Waals surface area (Å²) < 4.78 is 16.9. The van der Waals surface area contributed by atoms with Gasteiger partial charge in [-0.3, -0.25) is 9.59 Å². The average molecular weight is 474 g/mol. The van der Waals surface area contributed by atoms with Crippen LogP contribution >= 0.6 is 11.3 Å². The summed E-state index contributed by atoms with van der Waals surface area (Å²) in [4.78, 5) is 28.1. The van der Waals surface area contributed by atoms with Crippen molar-refractivity contribution in [2.75, 3.05) is 33.5 Å². The summed E-state index contributed by atoms with van der Waals surface area (Å²) >= 11 is 1.27. The van der Waals surface area contributed by atoms with Crippen molar-refractivity contribution in [3.8, 4) is 11.5 Å². The normalized spacial score (nSPS) is 16.1. The van der Waals surface area contributed by atoms with Crippen LogP contribution in [-0.4, -0.2) is 55.2 Å². The van der Waals surface area contributed by atoms with Gasteiger partial charge < -0.3 is 24.2 Å². The van der Waals surface area contributed by atoms with E-state index in [-0.39, 0.29) is 24.5 Å². The predicted molar refractivity (Wildman–Crippen MR) is 127 cm³/mol. The molecule has 1 aliphatic heterocycles. The molecule has 1 amide bonds. The van der Waals surface area contributed by atoms with Gasteiger partial charge in [-0.15, -0.1) is 11.3 Å². The molecule has 178 valence electrons. The summed E-state index contributed by atoms with van der Waals surface area (Å²) in [6.07, 6.45) is 0.908. The van der Waals surface area contributed by atoms with Gasteiger partial charge in [0.15, 0.2) is 17.3 Å². The van der Waals surface area contributed by atoms with E-state index in [4.69, 9.17) is 14.2 Å². The molecule has 1 unspecified atom stereocenters. The van der Waals surface area contributed by atoms with Crippen LogP contribution in [-0.2, 0) is 9.53 Å². The maximum atomic E-state index is 13.3. The molecule has 2 heterocycles. The van der Waals surface area contributed by atoms with E-state index in [1.54, 1.807) is 29.6 Å². The molecule has 8 heteroatoms. The molecule has 0 fully saturated rings. The van der Waals surface area contributed by atoms with E-state index in [1.807, 2.05) is 13.0 Å². The lowest BCUT2D eigenvalue weighted by molar-refractivity contribution is -0.130. The van der Waals surface area contributed by atoms with Gasteiger partial charge >= 0.3 is 0 Å². The number of ether oxygens (including phenoxy) is 3. The fraction of sp³-hybridized carbons (Fsp3) is 0.440. The van der Waals surface area contributed by atoms with Crippen molar-refractivity contribution in [2.45, 2.75) is 33.2 Å². The van der Waals surface area contributed by atoms with Crippen molar-refractivity contribution in [2.24, 2.45) is 5.92 Å². The summed E-state index contributed by atoms with van der Waals surface area (Å²) in [5, 5.41) is 12.5. The van der Waals surface area contributed by atoms with Crippen molar-refractivity contribution < 1.29 is 28.9 Å². The number of Topliss-reactive ketones (excluding diaryl/α,β-unsaturated/α-hetero) is 1. The van der Waals surface area contributed by atoms with E-state index in [0.29, 0.717) is 41.1 Å². The zero-order valence-electron chi connectivity index (χ0n) is 19.5. The Morgan fingerprint density at radius 2 is 1.97 bits per heavy atom. The molecule has 0 aliphatic carbocycles. The Kier molecular flexibility index (Phi) is 8.52. The lowest BCUT2D eigenvalue weighted by Gasteiger charge is -2.27. The largest absolute Gasteiger partial charge is 0.503 e. The van der Waals surface area contributed by atoms with Gasteiger partial charge in [0.25, 0.3) is 5.91 Å². The number of aliphatic hydroxyl groups excluding tert-OH is 1. The number of nitrogens with zero attached hydrogens (tertiary/aromatic N) is 1. The molecule has 0 saturated carbocycles. The summed E-state index contributed by atoms with van der Waals surface area (Å²) in [6.45, 7) is 7.63. The first-order chi connectivity index (χ1) is 15.9. The molecule has 7 nitrogen and oxygen atoms in total. The first-order valence-corrected chi connectivity index (χ1v) is 12.0. The molecule has 1 aliphatic rings. The Labute approximate surface area is 198 Å². The molecule has 1 atom stereocenters. The molecule has 2 aromatic rings. The smallest absolute Gasteiger partial charge is 0.290 e. The van der Waals surface area contributed by atoms with Crippen LogP contribution in [0.5, 0.6) is 11.5 Å². The predicted octanol–water partition coefficient (Wildman–Crippen LogP) is 4.80. The number of benzene rings is 1. The lowest BCUT2D eigenvalue weighted by Crippen LogP contribution is -2.34. The van der Waals surface area contributed by atoms with Gasteiger partial charge in [0.05, 0.1) is 36.3 Å². The first-order valence-electron chi connectivity index (χ1n) is 11.1. The minimum atomic E-state index is -0.758. The molecular formula is C25H31NO6S. The van der Waals surface area contributed by atoms with Crippen LogP contribution in [0.25, 0.3) is 0 Å². The average Bonchev–Trinajstić information content (AvgIpc) is 3.41. The second-order valence-electron chi connectivity index (χ2n) is 8.13. The number of methoxy groups -OCH3 is 1. The topological polar surface area (TPSA) is 85.3 Å². The van der Waals surface area contributed by atoms with Crippen LogP contribution in [0.15, 0.2) is 47.0 Å². The number of hydrogen-bond donors (Lipinski definition) is 1. The Morgan fingerprint density at radius 1 is 1.18 bits per heavy atom. The van der Waals surface area contributed by atoms with Crippen molar-refractivity contribution >= 4 is 23.0 Å². The fourth-order valence-corrected chi connectivity index (χ4v) is 4.36. The second-order valence-corrected chi connectivity index (χ2v) is 9.08. The number of carbonyl (C=O) groups is 2. The van der Waals surface area contributed by atoms with Gasteiger partial charge in [-0.25, -0.2) is 0 Å². The molecule has 3 rings (SSSR count). The highest BCUT2D eigenvalue weighted by atomic mass is 32.1. The van der Waals surface area contributed by atoms with Crippen LogP contribution < -0.4 is 9.47 Å². The third-order valence-corrected chi connectivity index (χ3v) is 6.23. The van der Waals surface area contributed by atoms with Crippen LogP contribution in [0.2, 0.25) is 0 Å². The van der Waals surface area contributed by atoms with E-state index in [1.165, 1.54) is 23.3 Å². The summed E-state index contributed by atoms with van der Waals surface area (Å²) in [6, 6.07) is 8.08. The Morgan fingerprint density at radius 3 is 2.61 bits per heavy atom. The van der Waals surface area contributed by atoms with Gasteiger partial charge in [0, 0.05) is 13.7 Å². The first kappa shape index (κ1) is 24.8. The standard InChI is InChI=1S/C25H31NO6S/c1-5-31-19-15-17(8-9-18(19)32-12-10-16(2)3)22-21(23(27)20-7-6-14-33-20)24(28)25(29)26(22)11-13-30-4/h6-9,14-16,22,28H,5,10-13H2,1-4H3. The number of rotatable bonds is 12. The zero-order valence-corrected chi connectivity index (χ0v) is 20.3. The molecule has 1 aromatic heterocycles. The maximum absolute atomic E-state index is 13.3. The molecule has 0 radical (unpaired) electrons. The highest BCUT2D eigenvalue weighted by Gasteiger charge is 2.44. The number of hydrogen-bond acceptors (Lipinski definition) is 7. The molecule has 1 N–H and O–H groups in total. The van der Waals surface area contributed by atoms with Crippen LogP contribution in [0.4, 0.5) is 0 Å². The van der Waals surface area contributed by atoms with Crippen molar-refractivity contribution in [3.05, 3.63) is 57.5 Å². The minimum Gasteiger partial charge on any atom is -0.503 e. The third kappa shape index (κ3) is 5.57. The van der Waals surface area contributed by atoms with Gasteiger partial charge in [0.2, 0.25) is 5.78 Å². The van der Waals surface area contributed by atoms with Gasteiger partial charge in [-0.05, 0) is 48.4 Å². The third-order valence-electron chi connectivity index (χ3n) is 5.37. The van der Waals surface area contributed by atoms with E-state index >= 15 is 0 Å². The monoisotopic (exact) mass is 473 g/mol. The molecule has 33 heavy (non-hydrogen) atoms. The second kappa shape index (κ2) is 11.3. The molecule has 0 saturated heterocycles. The van der Waals surface area contributed by atoms with E-state index in [9.17, 15) is 14.7 Å². The van der Waals surface area contributed by atoms with E-state index in [0.717, 1.165) is 6.42 Å². The molecule has 1 aromatic carbocycles. The summed E-state index contributed by atoms with van der Waals surface area (Å²) in [7, 11) is 1.54. The van der Waals surface area contributed by atoms with Crippen molar-refractivity contribution in [1.29, 1.82) is 0 Å². The highest BCUT2D eigenvalue weighted by molar-refractivity contribution is 7.12. The van der Waals surface area contributed by atoms with Crippen LogP contribution in [0.3, 0.4) is 0 Å². The maximum Gasteiger partial charge on any atom is 0.290 e. The number of ketones is 1. The molecule has 0 bridgehead atoms. The minimum absolute atomic E-state index is 0.0643. The van der Waals surface area contributed by atoms with Crippen LogP contribution in [0.1, 0.15) is 48.5 Å². The number of carbonyl (C=O) groups excluding carboxylic acids is 2. The van der Waals surface area contributed by atoms with Gasteiger partial charge in [0.1, 0.15) is 0 Å². The van der Waals surface area contributed by atoms with Crippen molar-refractivity contribution in [3.63, 3.8) is 0 Å². The fourth-order valence-electron chi connectivity index (χ4n) is 3.68. The zero-order chi connectivity index (χ0) is 24.0. The van der Waals surface area contributed by atoms with Gasteiger partial charge in [-0.1, -0.05) is 26.0 Å². The number of amides is 1. The SMILES string of the molecule is CCOc1cc(C2C(C(=O)c3cccs3)=C(O)C(=O)N2CCOC)ccc1OCCC(C)C. The Balaban J connectivity index is 2.01. The quantitative estimate of drug-likeness (QED) is 0.446. The van der Waals surface area contributed by atoms with Gasteiger partial charge in [-0.2, -0.15) is 0 Å². The molecular weight excluding hydrogens is 442 g/mol. The number of aliphatic hydroxyl groups is 1. The van der Waals surface area contributed by atoms with E-state index < -0.39 is 17.7 Å². The number of thiophene rings is 1. The van der Waals surface area contributed by atoms with Crippen molar-refractivity contribution in [1.82, 2.24) is 4.90 Å². The lowest BCUT2D eigenvalue weighted by atomic mass is 9.95. The molecule has 0 spiro atoms.